The Morgan fingerprint density at radius 2 is 2.29 bits per heavy atom. The van der Waals surface area contributed by atoms with Crippen molar-refractivity contribution in [2.24, 2.45) is 0 Å². The lowest BCUT2D eigenvalue weighted by atomic mass is 10.3. The van der Waals surface area contributed by atoms with E-state index in [9.17, 15) is 8.42 Å². The molecule has 2 aromatic rings. The Morgan fingerprint density at radius 1 is 1.53 bits per heavy atom. The number of hydrogen-bond acceptors (Lipinski definition) is 4. The number of hydrogen-bond donors (Lipinski definition) is 1. The van der Waals surface area contributed by atoms with Crippen molar-refractivity contribution in [2.75, 3.05) is 7.05 Å². The molecule has 2 rings (SSSR count). The first kappa shape index (κ1) is 12.3. The topological polar surface area (TPSA) is 66.1 Å². The highest BCUT2D eigenvalue weighted by atomic mass is 32.2. The third-order valence-electron chi connectivity index (χ3n) is 2.50. The van der Waals surface area contributed by atoms with Gasteiger partial charge in [0.05, 0.1) is 12.5 Å². The average Bonchev–Trinajstić information content (AvgIpc) is 2.90. The Labute approximate surface area is 104 Å². The first-order valence-electron chi connectivity index (χ1n) is 4.99. The molecule has 0 radical (unpaired) electrons. The van der Waals surface area contributed by atoms with Crippen LogP contribution in [0.1, 0.15) is 10.4 Å². The van der Waals surface area contributed by atoms with Crippen LogP contribution < -0.4 is 0 Å². The monoisotopic (exact) mass is 271 g/mol. The molecule has 0 spiro atoms. The second-order valence-corrected chi connectivity index (χ2v) is 6.72. The number of aryl methyl sites for hydroxylation is 1. The number of nitrogens with one attached hydrogen (secondary N) is 1. The predicted molar refractivity (Wildman–Crippen MR) is 66.3 cm³/mol. The maximum atomic E-state index is 12.1. The zero-order chi connectivity index (χ0) is 12.5. The second kappa shape index (κ2) is 4.59. The van der Waals surface area contributed by atoms with Crippen LogP contribution in [0.2, 0.25) is 0 Å². The van der Waals surface area contributed by atoms with E-state index in [1.165, 1.54) is 16.8 Å². The van der Waals surface area contributed by atoms with E-state index < -0.39 is 10.0 Å². The summed E-state index contributed by atoms with van der Waals surface area (Å²) in [6, 6.07) is 1.98. The molecular formula is C10H13N3O2S2. The molecular weight excluding hydrogens is 258 g/mol. The number of aromatic nitrogens is 2. The van der Waals surface area contributed by atoms with Crippen LogP contribution in [0.5, 0.6) is 0 Å². The largest absolute Gasteiger partial charge is 0.335 e. The van der Waals surface area contributed by atoms with Gasteiger partial charge in [0, 0.05) is 18.5 Å². The van der Waals surface area contributed by atoms with Gasteiger partial charge in [0.15, 0.2) is 5.03 Å². The highest BCUT2D eigenvalue weighted by molar-refractivity contribution is 7.89. The molecule has 0 aromatic carbocycles. The Morgan fingerprint density at radius 3 is 2.82 bits per heavy atom. The molecule has 5 nitrogen and oxygen atoms in total. The fourth-order valence-corrected chi connectivity index (χ4v) is 3.48. The molecule has 0 atom stereocenters. The molecule has 0 amide bonds. The summed E-state index contributed by atoms with van der Waals surface area (Å²) in [5, 5.41) is 2.08. The zero-order valence-corrected chi connectivity index (χ0v) is 11.2. The summed E-state index contributed by atoms with van der Waals surface area (Å²) in [6.07, 6.45) is 2.67. The number of sulfonamides is 1. The van der Waals surface area contributed by atoms with E-state index in [0.29, 0.717) is 6.54 Å². The lowest BCUT2D eigenvalue weighted by molar-refractivity contribution is 0.466. The van der Waals surface area contributed by atoms with Gasteiger partial charge in [0.2, 0.25) is 0 Å². The fourth-order valence-electron chi connectivity index (χ4n) is 1.41. The highest BCUT2D eigenvalue weighted by Gasteiger charge is 2.22. The summed E-state index contributed by atoms with van der Waals surface area (Å²) in [5.74, 6) is 0. The molecule has 0 aliphatic carbocycles. The molecule has 7 heteroatoms. The average molecular weight is 271 g/mol. The van der Waals surface area contributed by atoms with Crippen molar-refractivity contribution in [3.8, 4) is 0 Å². The third kappa shape index (κ3) is 2.41. The molecule has 0 fully saturated rings. The number of nitrogens with zero attached hydrogens (tertiary/aromatic N) is 2. The number of imidazole rings is 1. The van der Waals surface area contributed by atoms with Crippen LogP contribution in [-0.4, -0.2) is 29.7 Å². The molecule has 17 heavy (non-hydrogen) atoms. The summed E-state index contributed by atoms with van der Waals surface area (Å²) in [7, 11) is -1.90. The molecule has 1 N–H and O–H groups in total. The van der Waals surface area contributed by atoms with Crippen LogP contribution in [0.25, 0.3) is 0 Å². The van der Waals surface area contributed by atoms with Crippen molar-refractivity contribution in [3.05, 3.63) is 34.4 Å². The number of H-pyrrole nitrogens is 1. The minimum Gasteiger partial charge on any atom is -0.335 e. The van der Waals surface area contributed by atoms with E-state index in [4.69, 9.17) is 0 Å². The minimum atomic E-state index is -3.47. The van der Waals surface area contributed by atoms with E-state index in [2.05, 4.69) is 9.97 Å². The minimum absolute atomic E-state index is 0.120. The first-order chi connectivity index (χ1) is 8.01. The lowest BCUT2D eigenvalue weighted by Crippen LogP contribution is -2.26. The highest BCUT2D eigenvalue weighted by Crippen LogP contribution is 2.20. The molecule has 0 aliphatic heterocycles. The van der Waals surface area contributed by atoms with Crippen LogP contribution in [0.3, 0.4) is 0 Å². The molecule has 0 unspecified atom stereocenters. The van der Waals surface area contributed by atoms with E-state index in [1.54, 1.807) is 18.4 Å². The lowest BCUT2D eigenvalue weighted by Gasteiger charge is -2.15. The van der Waals surface area contributed by atoms with Gasteiger partial charge >= 0.3 is 0 Å². The van der Waals surface area contributed by atoms with Crippen LogP contribution in [0.15, 0.2) is 29.0 Å². The van der Waals surface area contributed by atoms with Gasteiger partial charge in [-0.05, 0) is 23.9 Å². The van der Waals surface area contributed by atoms with Gasteiger partial charge in [0.25, 0.3) is 10.0 Å². The number of thiophene rings is 1. The normalized spacial score (nSPS) is 12.2. The first-order valence-corrected chi connectivity index (χ1v) is 7.31. The van der Waals surface area contributed by atoms with Crippen LogP contribution >= 0.6 is 11.3 Å². The van der Waals surface area contributed by atoms with Gasteiger partial charge in [-0.25, -0.2) is 13.4 Å². The Bertz CT molecular complexity index is 587. The Kier molecular flexibility index (Phi) is 3.32. The fraction of sp³-hybridized carbons (Fsp3) is 0.300. The Balaban J connectivity index is 2.22. The SMILES string of the molecule is Cc1ccsc1CN(C)S(=O)(=O)c1cnc[nH]1. The second-order valence-electron chi connectivity index (χ2n) is 3.70. The number of rotatable bonds is 4. The summed E-state index contributed by atoms with van der Waals surface area (Å²) in [6.45, 7) is 2.35. The van der Waals surface area contributed by atoms with Gasteiger partial charge in [-0.1, -0.05) is 0 Å². The maximum absolute atomic E-state index is 12.1. The van der Waals surface area contributed by atoms with Crippen molar-refractivity contribution in [2.45, 2.75) is 18.5 Å². The van der Waals surface area contributed by atoms with Gasteiger partial charge in [-0.2, -0.15) is 4.31 Å². The maximum Gasteiger partial charge on any atom is 0.260 e. The van der Waals surface area contributed by atoms with Crippen LogP contribution in [-0.2, 0) is 16.6 Å². The van der Waals surface area contributed by atoms with Crippen LogP contribution in [0, 0.1) is 6.92 Å². The quantitative estimate of drug-likeness (QED) is 0.918. The summed E-state index contributed by atoms with van der Waals surface area (Å²) in [4.78, 5) is 7.39. The molecule has 0 saturated carbocycles. The molecule has 92 valence electrons. The summed E-state index contributed by atoms with van der Waals surface area (Å²) in [5.41, 5.74) is 1.11. The van der Waals surface area contributed by atoms with E-state index in [0.717, 1.165) is 10.4 Å². The van der Waals surface area contributed by atoms with Crippen molar-refractivity contribution < 1.29 is 8.42 Å². The summed E-state index contributed by atoms with van der Waals surface area (Å²) >= 11 is 1.56. The van der Waals surface area contributed by atoms with Crippen molar-refractivity contribution in [3.63, 3.8) is 0 Å². The van der Waals surface area contributed by atoms with Crippen molar-refractivity contribution >= 4 is 21.4 Å². The van der Waals surface area contributed by atoms with Gasteiger partial charge in [-0.15, -0.1) is 11.3 Å². The molecule has 2 aromatic heterocycles. The van der Waals surface area contributed by atoms with E-state index >= 15 is 0 Å². The molecule has 0 bridgehead atoms. The molecule has 0 aliphatic rings. The third-order valence-corrected chi connectivity index (χ3v) is 5.23. The smallest absolute Gasteiger partial charge is 0.260 e. The van der Waals surface area contributed by atoms with Gasteiger partial charge < -0.3 is 4.98 Å². The van der Waals surface area contributed by atoms with Gasteiger partial charge in [0.1, 0.15) is 0 Å². The van der Waals surface area contributed by atoms with Crippen LogP contribution in [0.4, 0.5) is 0 Å². The molecule has 2 heterocycles. The Hall–Kier alpha value is -1.18. The standard InChI is InChI=1S/C10H13N3O2S2/c1-8-3-4-16-9(8)6-13(2)17(14,15)10-5-11-7-12-10/h3-5,7H,6H2,1-2H3,(H,11,12). The van der Waals surface area contributed by atoms with Crippen molar-refractivity contribution in [1.29, 1.82) is 0 Å². The molecule has 0 saturated heterocycles. The van der Waals surface area contributed by atoms with Crippen molar-refractivity contribution in [1.82, 2.24) is 14.3 Å². The van der Waals surface area contributed by atoms with E-state index in [-0.39, 0.29) is 5.03 Å². The summed E-state index contributed by atoms with van der Waals surface area (Å²) < 4.78 is 25.5. The van der Waals surface area contributed by atoms with E-state index in [1.807, 2.05) is 18.4 Å². The zero-order valence-electron chi connectivity index (χ0n) is 9.54. The predicted octanol–water partition coefficient (Wildman–Crippen LogP) is 1.60. The van der Waals surface area contributed by atoms with Gasteiger partial charge in [-0.3, -0.25) is 0 Å². The number of aromatic amines is 1.